The maximum Gasteiger partial charge on any atom is 0.340 e. The Labute approximate surface area is 116 Å². The lowest BCUT2D eigenvalue weighted by Crippen LogP contribution is -2.37. The van der Waals surface area contributed by atoms with Crippen molar-refractivity contribution in [2.75, 3.05) is 30.8 Å². The van der Waals surface area contributed by atoms with Crippen LogP contribution in [0.5, 0.6) is 0 Å². The molecule has 6 heteroatoms. The third-order valence-electron chi connectivity index (χ3n) is 3.27. The summed E-state index contributed by atoms with van der Waals surface area (Å²) >= 11 is 6.21. The van der Waals surface area contributed by atoms with Crippen molar-refractivity contribution in [2.24, 2.45) is 0 Å². The van der Waals surface area contributed by atoms with Crippen molar-refractivity contribution in [3.63, 3.8) is 0 Å². The monoisotopic (exact) mass is 284 g/mol. The molecule has 0 spiro atoms. The molecule has 0 radical (unpaired) electrons. The first kappa shape index (κ1) is 14.0. The Morgan fingerprint density at radius 3 is 2.68 bits per heavy atom. The molecule has 0 aromatic heterocycles. The van der Waals surface area contributed by atoms with E-state index in [1.807, 2.05) is 4.90 Å². The molecule has 0 unspecified atom stereocenters. The number of ether oxygens (including phenoxy) is 1. The highest BCUT2D eigenvalue weighted by Crippen LogP contribution is 2.34. The molecule has 1 fully saturated rings. The lowest BCUT2D eigenvalue weighted by Gasteiger charge is -2.33. The Bertz CT molecular complexity index is 485. The molecule has 1 aliphatic rings. The van der Waals surface area contributed by atoms with E-state index in [1.54, 1.807) is 12.1 Å². The number of carbonyl (C=O) groups excluding carboxylic acids is 1. The van der Waals surface area contributed by atoms with E-state index in [9.17, 15) is 9.90 Å². The van der Waals surface area contributed by atoms with Gasteiger partial charge in [0.2, 0.25) is 0 Å². The van der Waals surface area contributed by atoms with Crippen molar-refractivity contribution in [3.05, 3.63) is 22.7 Å². The number of nitrogens with two attached hydrogens (primary N) is 1. The van der Waals surface area contributed by atoms with Crippen molar-refractivity contribution < 1.29 is 14.6 Å². The number of hydrogen-bond donors (Lipinski definition) is 2. The molecule has 19 heavy (non-hydrogen) atoms. The van der Waals surface area contributed by atoms with Gasteiger partial charge in [0.05, 0.1) is 29.5 Å². The van der Waals surface area contributed by atoms with Crippen LogP contribution >= 0.6 is 11.6 Å². The number of benzene rings is 1. The zero-order chi connectivity index (χ0) is 14.0. The normalized spacial score (nSPS) is 16.5. The molecular formula is C13H17ClN2O3. The molecule has 1 heterocycles. The summed E-state index contributed by atoms with van der Waals surface area (Å²) in [6, 6.07) is 3.19. The number of anilines is 2. The fourth-order valence-electron chi connectivity index (χ4n) is 2.30. The molecular weight excluding hydrogens is 268 g/mol. The number of hydrogen-bond acceptors (Lipinski definition) is 5. The van der Waals surface area contributed by atoms with E-state index < -0.39 is 5.97 Å². The highest BCUT2D eigenvalue weighted by molar-refractivity contribution is 6.34. The van der Waals surface area contributed by atoms with E-state index in [-0.39, 0.29) is 6.10 Å². The Morgan fingerprint density at radius 1 is 1.47 bits per heavy atom. The molecule has 2 rings (SSSR count). The SMILES string of the molecule is COC(=O)c1cc(N)cc(Cl)c1N1CCC(O)CC1. The van der Waals surface area contributed by atoms with Crippen LogP contribution in [0, 0.1) is 0 Å². The van der Waals surface area contributed by atoms with Crippen LogP contribution in [-0.2, 0) is 4.74 Å². The first-order chi connectivity index (χ1) is 9.02. The lowest BCUT2D eigenvalue weighted by atomic mass is 10.0. The van der Waals surface area contributed by atoms with Gasteiger partial charge in [-0.3, -0.25) is 0 Å². The number of rotatable bonds is 2. The van der Waals surface area contributed by atoms with E-state index in [0.717, 1.165) is 0 Å². The average molecular weight is 285 g/mol. The van der Waals surface area contributed by atoms with Crippen LogP contribution in [0.1, 0.15) is 23.2 Å². The van der Waals surface area contributed by atoms with Crippen LogP contribution in [-0.4, -0.2) is 37.4 Å². The summed E-state index contributed by atoms with van der Waals surface area (Å²) in [7, 11) is 1.32. The first-order valence-electron chi connectivity index (χ1n) is 6.13. The fraction of sp³-hybridized carbons (Fsp3) is 0.462. The standard InChI is InChI=1S/C13H17ClN2O3/c1-19-13(18)10-6-8(15)7-11(14)12(10)16-4-2-9(17)3-5-16/h6-7,9,17H,2-5,15H2,1H3. The third-order valence-corrected chi connectivity index (χ3v) is 3.56. The van der Waals surface area contributed by atoms with Crippen molar-refractivity contribution in [2.45, 2.75) is 18.9 Å². The lowest BCUT2D eigenvalue weighted by molar-refractivity contribution is 0.0601. The molecule has 0 saturated carbocycles. The second kappa shape index (κ2) is 5.67. The second-order valence-corrected chi connectivity index (χ2v) is 5.02. The van der Waals surface area contributed by atoms with Gasteiger partial charge in [-0.2, -0.15) is 0 Å². The smallest absolute Gasteiger partial charge is 0.340 e. The summed E-state index contributed by atoms with van der Waals surface area (Å²) in [6.07, 6.45) is 1.02. The van der Waals surface area contributed by atoms with Gasteiger partial charge in [-0.15, -0.1) is 0 Å². The second-order valence-electron chi connectivity index (χ2n) is 4.61. The van der Waals surface area contributed by atoms with Gasteiger partial charge in [0.15, 0.2) is 0 Å². The number of esters is 1. The summed E-state index contributed by atoms with van der Waals surface area (Å²) in [5.74, 6) is -0.463. The van der Waals surface area contributed by atoms with E-state index >= 15 is 0 Å². The Morgan fingerprint density at radius 2 is 2.11 bits per heavy atom. The number of methoxy groups -OCH3 is 1. The van der Waals surface area contributed by atoms with Crippen LogP contribution in [0.25, 0.3) is 0 Å². The maximum atomic E-state index is 11.8. The summed E-state index contributed by atoms with van der Waals surface area (Å²) in [5.41, 5.74) is 7.14. The first-order valence-corrected chi connectivity index (χ1v) is 6.51. The summed E-state index contributed by atoms with van der Waals surface area (Å²) in [6.45, 7) is 1.30. The molecule has 0 amide bonds. The molecule has 3 N–H and O–H groups in total. The molecule has 1 aromatic rings. The van der Waals surface area contributed by atoms with Crippen LogP contribution in [0.3, 0.4) is 0 Å². The van der Waals surface area contributed by atoms with E-state index in [4.69, 9.17) is 22.1 Å². The summed E-state index contributed by atoms with van der Waals surface area (Å²) in [5, 5.41) is 9.97. The minimum absolute atomic E-state index is 0.287. The van der Waals surface area contributed by atoms with E-state index in [1.165, 1.54) is 7.11 Å². The van der Waals surface area contributed by atoms with Crippen LogP contribution in [0.4, 0.5) is 11.4 Å². The summed E-state index contributed by atoms with van der Waals surface area (Å²) < 4.78 is 4.77. The van der Waals surface area contributed by atoms with Crippen LogP contribution < -0.4 is 10.6 Å². The van der Waals surface area contributed by atoms with Crippen LogP contribution in [0.2, 0.25) is 5.02 Å². The Hall–Kier alpha value is -1.46. The number of aliphatic hydroxyl groups excluding tert-OH is 1. The number of piperidine rings is 1. The predicted molar refractivity (Wildman–Crippen MR) is 74.7 cm³/mol. The van der Waals surface area contributed by atoms with Gasteiger partial charge in [0.25, 0.3) is 0 Å². The van der Waals surface area contributed by atoms with Gasteiger partial charge in [0.1, 0.15) is 0 Å². The van der Waals surface area contributed by atoms with Gasteiger partial charge in [0, 0.05) is 18.8 Å². The zero-order valence-corrected chi connectivity index (χ0v) is 11.5. The number of halogens is 1. The largest absolute Gasteiger partial charge is 0.465 e. The van der Waals surface area contributed by atoms with Crippen molar-refractivity contribution >= 4 is 28.9 Å². The maximum absolute atomic E-state index is 11.8. The molecule has 1 aliphatic heterocycles. The van der Waals surface area contributed by atoms with Gasteiger partial charge >= 0.3 is 5.97 Å². The zero-order valence-electron chi connectivity index (χ0n) is 10.7. The van der Waals surface area contributed by atoms with Gasteiger partial charge < -0.3 is 20.5 Å². The van der Waals surface area contributed by atoms with Gasteiger partial charge in [-0.25, -0.2) is 4.79 Å². The highest BCUT2D eigenvalue weighted by atomic mass is 35.5. The van der Waals surface area contributed by atoms with Crippen molar-refractivity contribution in [3.8, 4) is 0 Å². The molecule has 104 valence electrons. The predicted octanol–water partition coefficient (Wildman–Crippen LogP) is 1.67. The van der Waals surface area contributed by atoms with E-state index in [0.29, 0.717) is 47.9 Å². The Kier molecular flexibility index (Phi) is 4.17. The molecule has 1 saturated heterocycles. The minimum atomic E-state index is -0.463. The number of nitrogen functional groups attached to an aromatic ring is 1. The molecule has 0 bridgehead atoms. The third kappa shape index (κ3) is 2.93. The van der Waals surface area contributed by atoms with Crippen LogP contribution in [0.15, 0.2) is 12.1 Å². The molecule has 0 aliphatic carbocycles. The molecule has 5 nitrogen and oxygen atoms in total. The van der Waals surface area contributed by atoms with Crippen molar-refractivity contribution in [1.29, 1.82) is 0 Å². The average Bonchev–Trinajstić information content (AvgIpc) is 2.38. The topological polar surface area (TPSA) is 75.8 Å². The van der Waals surface area contributed by atoms with Gasteiger partial charge in [-0.1, -0.05) is 11.6 Å². The number of nitrogens with zero attached hydrogens (tertiary/aromatic N) is 1. The number of aliphatic hydroxyl groups is 1. The Balaban J connectivity index is 2.40. The minimum Gasteiger partial charge on any atom is -0.465 e. The van der Waals surface area contributed by atoms with E-state index in [2.05, 4.69) is 0 Å². The fourth-order valence-corrected chi connectivity index (χ4v) is 2.64. The molecule has 1 aromatic carbocycles. The quantitative estimate of drug-likeness (QED) is 0.638. The number of carbonyl (C=O) groups is 1. The highest BCUT2D eigenvalue weighted by Gasteiger charge is 2.24. The summed E-state index contributed by atoms with van der Waals surface area (Å²) in [4.78, 5) is 13.8. The van der Waals surface area contributed by atoms with Crippen molar-refractivity contribution in [1.82, 2.24) is 0 Å². The van der Waals surface area contributed by atoms with Gasteiger partial charge in [-0.05, 0) is 25.0 Å². The molecule has 0 atom stereocenters.